The van der Waals surface area contributed by atoms with Gasteiger partial charge in [-0.1, -0.05) is 6.07 Å². The molecule has 1 heterocycles. The fraction of sp³-hybridized carbons (Fsp3) is 0.368. The van der Waals surface area contributed by atoms with Crippen LogP contribution in [0.5, 0.6) is 5.88 Å². The molecule has 1 N–H and O–H groups in total. The molecule has 0 aliphatic heterocycles. The third kappa shape index (κ3) is 6.76. The Kier molecular flexibility index (Phi) is 6.84. The van der Waals surface area contributed by atoms with Gasteiger partial charge in [-0.2, -0.15) is 0 Å². The van der Waals surface area contributed by atoms with Crippen LogP contribution < -0.4 is 10.1 Å². The second-order valence-corrected chi connectivity index (χ2v) is 7.26. The van der Waals surface area contributed by atoms with Crippen molar-refractivity contribution in [3.05, 3.63) is 48.2 Å². The van der Waals surface area contributed by atoms with Crippen LogP contribution in [0.4, 0.5) is 5.69 Å². The van der Waals surface area contributed by atoms with Gasteiger partial charge in [0.05, 0.1) is 17.8 Å². The molecule has 2 aromatic rings. The topological polar surface area (TPSA) is 60.5 Å². The van der Waals surface area contributed by atoms with E-state index in [1.165, 1.54) is 6.20 Å². The van der Waals surface area contributed by atoms with Crippen molar-refractivity contribution in [1.29, 1.82) is 0 Å². The Bertz CT molecular complexity index is 697. The van der Waals surface area contributed by atoms with Crippen molar-refractivity contribution >= 4 is 23.4 Å². The van der Waals surface area contributed by atoms with Crippen LogP contribution in [0.1, 0.15) is 31.1 Å². The number of nitrogens with one attached hydrogen (secondary N) is 1. The number of amides is 1. The SMILES string of the molecule is CSc1cccc(NC(=O)c2ccc(OCCOC(C)(C)C)nc2)c1. The molecule has 0 bridgehead atoms. The summed E-state index contributed by atoms with van der Waals surface area (Å²) in [5, 5.41) is 2.87. The highest BCUT2D eigenvalue weighted by molar-refractivity contribution is 7.98. The minimum Gasteiger partial charge on any atom is -0.475 e. The van der Waals surface area contributed by atoms with Crippen molar-refractivity contribution in [1.82, 2.24) is 4.98 Å². The van der Waals surface area contributed by atoms with E-state index < -0.39 is 0 Å². The standard InChI is InChI=1S/C19H24N2O3S/c1-19(2,3)24-11-10-23-17-9-8-14(13-20-17)18(22)21-15-6-5-7-16(12-15)25-4/h5-9,12-13H,10-11H2,1-4H3,(H,21,22). The van der Waals surface area contributed by atoms with Gasteiger partial charge >= 0.3 is 0 Å². The first kappa shape index (κ1) is 19.3. The summed E-state index contributed by atoms with van der Waals surface area (Å²) in [5.74, 6) is 0.270. The Morgan fingerprint density at radius 3 is 2.64 bits per heavy atom. The molecule has 0 saturated heterocycles. The van der Waals surface area contributed by atoms with Gasteiger partial charge in [-0.25, -0.2) is 4.98 Å². The van der Waals surface area contributed by atoms with Gasteiger partial charge in [0, 0.05) is 22.8 Å². The Morgan fingerprint density at radius 2 is 2.00 bits per heavy atom. The van der Waals surface area contributed by atoms with Crippen LogP contribution in [-0.2, 0) is 4.74 Å². The zero-order valence-corrected chi connectivity index (χ0v) is 15.9. The molecule has 1 amide bonds. The van der Waals surface area contributed by atoms with E-state index in [0.717, 1.165) is 10.6 Å². The van der Waals surface area contributed by atoms with Gasteiger partial charge in [-0.15, -0.1) is 11.8 Å². The number of carbonyl (C=O) groups is 1. The van der Waals surface area contributed by atoms with Crippen LogP contribution >= 0.6 is 11.8 Å². The molecule has 0 atom stereocenters. The molecular formula is C19H24N2O3S. The summed E-state index contributed by atoms with van der Waals surface area (Å²) in [6, 6.07) is 11.1. The Hall–Kier alpha value is -2.05. The largest absolute Gasteiger partial charge is 0.475 e. The summed E-state index contributed by atoms with van der Waals surface area (Å²) in [4.78, 5) is 17.5. The van der Waals surface area contributed by atoms with Crippen LogP contribution in [0.2, 0.25) is 0 Å². The number of pyridine rings is 1. The van der Waals surface area contributed by atoms with E-state index in [-0.39, 0.29) is 11.5 Å². The molecule has 0 saturated carbocycles. The van der Waals surface area contributed by atoms with Gasteiger partial charge in [-0.3, -0.25) is 4.79 Å². The minimum absolute atomic E-state index is 0.188. The van der Waals surface area contributed by atoms with Crippen molar-refractivity contribution in [2.45, 2.75) is 31.3 Å². The molecule has 6 heteroatoms. The number of ether oxygens (including phenoxy) is 2. The maximum atomic E-state index is 12.3. The smallest absolute Gasteiger partial charge is 0.257 e. The highest BCUT2D eigenvalue weighted by Gasteiger charge is 2.10. The van der Waals surface area contributed by atoms with Crippen molar-refractivity contribution in [2.75, 3.05) is 24.8 Å². The van der Waals surface area contributed by atoms with E-state index in [2.05, 4.69) is 10.3 Å². The first-order valence-corrected chi connectivity index (χ1v) is 9.28. The molecule has 5 nitrogen and oxygen atoms in total. The van der Waals surface area contributed by atoms with E-state index in [4.69, 9.17) is 9.47 Å². The molecule has 0 spiro atoms. The lowest BCUT2D eigenvalue weighted by molar-refractivity contribution is -0.0168. The summed E-state index contributed by atoms with van der Waals surface area (Å²) in [6.45, 7) is 6.88. The van der Waals surface area contributed by atoms with E-state index in [1.807, 2.05) is 51.3 Å². The summed E-state index contributed by atoms with van der Waals surface area (Å²) in [7, 11) is 0. The first-order chi connectivity index (χ1) is 11.9. The van der Waals surface area contributed by atoms with Crippen molar-refractivity contribution in [3.63, 3.8) is 0 Å². The highest BCUT2D eigenvalue weighted by Crippen LogP contribution is 2.19. The summed E-state index contributed by atoms with van der Waals surface area (Å²) in [6.07, 6.45) is 3.50. The Labute approximate surface area is 153 Å². The lowest BCUT2D eigenvalue weighted by atomic mass is 10.2. The molecule has 0 unspecified atom stereocenters. The second-order valence-electron chi connectivity index (χ2n) is 6.38. The van der Waals surface area contributed by atoms with Crippen LogP contribution in [0.3, 0.4) is 0 Å². The number of thioether (sulfide) groups is 1. The quantitative estimate of drug-likeness (QED) is 0.591. The lowest BCUT2D eigenvalue weighted by Gasteiger charge is -2.19. The van der Waals surface area contributed by atoms with Crippen LogP contribution in [0.25, 0.3) is 0 Å². The number of nitrogens with zero attached hydrogens (tertiary/aromatic N) is 1. The third-order valence-electron chi connectivity index (χ3n) is 3.19. The summed E-state index contributed by atoms with van der Waals surface area (Å²) < 4.78 is 11.1. The Morgan fingerprint density at radius 1 is 1.20 bits per heavy atom. The number of benzene rings is 1. The van der Waals surface area contributed by atoms with Crippen LogP contribution in [0, 0.1) is 0 Å². The molecule has 0 fully saturated rings. The number of hydrogen-bond acceptors (Lipinski definition) is 5. The van der Waals surface area contributed by atoms with E-state index in [9.17, 15) is 4.79 Å². The van der Waals surface area contributed by atoms with Crippen LogP contribution in [-0.4, -0.2) is 36.0 Å². The van der Waals surface area contributed by atoms with Crippen molar-refractivity contribution in [3.8, 4) is 5.88 Å². The molecule has 134 valence electrons. The van der Waals surface area contributed by atoms with Crippen molar-refractivity contribution in [2.24, 2.45) is 0 Å². The van der Waals surface area contributed by atoms with Gasteiger partial charge in [0.2, 0.25) is 5.88 Å². The molecule has 1 aromatic heterocycles. The molecular weight excluding hydrogens is 336 g/mol. The summed E-state index contributed by atoms with van der Waals surface area (Å²) >= 11 is 1.63. The molecule has 25 heavy (non-hydrogen) atoms. The van der Waals surface area contributed by atoms with Gasteiger partial charge < -0.3 is 14.8 Å². The molecule has 0 aliphatic rings. The average molecular weight is 360 g/mol. The van der Waals surface area contributed by atoms with Crippen LogP contribution in [0.15, 0.2) is 47.5 Å². The van der Waals surface area contributed by atoms with E-state index in [1.54, 1.807) is 23.9 Å². The fourth-order valence-electron chi connectivity index (χ4n) is 2.00. The van der Waals surface area contributed by atoms with E-state index in [0.29, 0.717) is 24.7 Å². The van der Waals surface area contributed by atoms with Gasteiger partial charge in [-0.05, 0) is 51.3 Å². The number of rotatable bonds is 7. The van der Waals surface area contributed by atoms with Gasteiger partial charge in [0.25, 0.3) is 5.91 Å². The molecule has 1 aromatic carbocycles. The zero-order chi connectivity index (χ0) is 18.3. The fourth-order valence-corrected chi connectivity index (χ4v) is 2.46. The lowest BCUT2D eigenvalue weighted by Crippen LogP contribution is -2.22. The second kappa shape index (κ2) is 8.87. The minimum atomic E-state index is -0.201. The molecule has 0 aliphatic carbocycles. The maximum absolute atomic E-state index is 12.3. The molecule has 2 rings (SSSR count). The first-order valence-electron chi connectivity index (χ1n) is 8.05. The normalized spacial score (nSPS) is 11.2. The maximum Gasteiger partial charge on any atom is 0.257 e. The van der Waals surface area contributed by atoms with Crippen molar-refractivity contribution < 1.29 is 14.3 Å². The number of hydrogen-bond donors (Lipinski definition) is 1. The van der Waals surface area contributed by atoms with Gasteiger partial charge in [0.1, 0.15) is 6.61 Å². The Balaban J connectivity index is 1.87. The van der Waals surface area contributed by atoms with Gasteiger partial charge in [0.15, 0.2) is 0 Å². The predicted octanol–water partition coefficient (Wildman–Crippen LogP) is 4.25. The molecule has 0 radical (unpaired) electrons. The average Bonchev–Trinajstić information content (AvgIpc) is 2.58. The highest BCUT2D eigenvalue weighted by atomic mass is 32.2. The third-order valence-corrected chi connectivity index (χ3v) is 3.92. The number of carbonyl (C=O) groups excluding carboxylic acids is 1. The van der Waals surface area contributed by atoms with E-state index >= 15 is 0 Å². The number of aromatic nitrogens is 1. The monoisotopic (exact) mass is 360 g/mol. The predicted molar refractivity (Wildman–Crippen MR) is 102 cm³/mol. The summed E-state index contributed by atoms with van der Waals surface area (Å²) in [5.41, 5.74) is 1.05. The number of anilines is 1. The zero-order valence-electron chi connectivity index (χ0n) is 15.0.